The van der Waals surface area contributed by atoms with Crippen LogP contribution < -0.4 is 10.1 Å². The van der Waals surface area contributed by atoms with Gasteiger partial charge in [0.15, 0.2) is 6.61 Å². The molecule has 0 fully saturated rings. The normalized spacial score (nSPS) is 13.1. The van der Waals surface area contributed by atoms with E-state index in [9.17, 15) is 22.8 Å². The molecule has 1 N–H and O–H groups in total. The molecule has 0 unspecified atom stereocenters. The maximum absolute atomic E-state index is 13.1. The Bertz CT molecular complexity index is 1460. The van der Waals surface area contributed by atoms with Crippen LogP contribution in [-0.2, 0) is 23.9 Å². The van der Waals surface area contributed by atoms with Gasteiger partial charge in [-0.15, -0.1) is 0 Å². The molecular weight excluding hydrogens is 497 g/mol. The number of hydrogen-bond donors (Lipinski definition) is 1. The first kappa shape index (κ1) is 25.1. The molecule has 1 aromatic heterocycles. The van der Waals surface area contributed by atoms with Crippen molar-refractivity contribution in [1.29, 1.82) is 0 Å². The van der Waals surface area contributed by atoms with Crippen LogP contribution in [-0.4, -0.2) is 29.9 Å². The minimum atomic E-state index is -4.52. The van der Waals surface area contributed by atoms with Gasteiger partial charge in [-0.2, -0.15) is 13.2 Å². The maximum atomic E-state index is 13.1. The summed E-state index contributed by atoms with van der Waals surface area (Å²) in [6.45, 7) is 0.409. The number of nitrogens with zero attached hydrogens (tertiary/aromatic N) is 1. The first-order chi connectivity index (χ1) is 18.3. The standard InChI is InChI=1S/C29H23F3N2O4/c30-29(31,32)22-8-4-7-20(14-22)28(36)34-13-12-25-21(17-34)16-26(38-25)19-6-5-9-23(15-19)33-27(35)18-37-24-10-2-1-3-11-24/h1-11,14-16H,12-13,17-18H2,(H,33,35). The molecule has 4 aromatic rings. The van der Waals surface area contributed by atoms with Crippen LogP contribution in [0.25, 0.3) is 11.3 Å². The predicted octanol–water partition coefficient (Wildman–Crippen LogP) is 6.18. The summed E-state index contributed by atoms with van der Waals surface area (Å²) in [7, 11) is 0. The summed E-state index contributed by atoms with van der Waals surface area (Å²) in [4.78, 5) is 26.8. The van der Waals surface area contributed by atoms with E-state index in [0.29, 0.717) is 30.2 Å². The summed E-state index contributed by atoms with van der Waals surface area (Å²) in [6, 6.07) is 22.4. The van der Waals surface area contributed by atoms with Crippen LogP contribution in [0.2, 0.25) is 0 Å². The smallest absolute Gasteiger partial charge is 0.416 e. The van der Waals surface area contributed by atoms with Crippen LogP contribution in [0.1, 0.15) is 27.2 Å². The molecule has 0 bridgehead atoms. The van der Waals surface area contributed by atoms with Gasteiger partial charge in [-0.3, -0.25) is 9.59 Å². The summed E-state index contributed by atoms with van der Waals surface area (Å²) in [5, 5.41) is 2.80. The molecule has 9 heteroatoms. The third-order valence-corrected chi connectivity index (χ3v) is 6.13. The number of para-hydroxylation sites is 1. The van der Waals surface area contributed by atoms with E-state index in [1.807, 2.05) is 30.3 Å². The number of amides is 2. The molecule has 0 radical (unpaired) electrons. The topological polar surface area (TPSA) is 71.8 Å². The zero-order chi connectivity index (χ0) is 26.7. The molecule has 1 aliphatic rings. The highest BCUT2D eigenvalue weighted by Crippen LogP contribution is 2.33. The van der Waals surface area contributed by atoms with Gasteiger partial charge in [-0.05, 0) is 48.5 Å². The van der Waals surface area contributed by atoms with Crippen LogP contribution in [0.3, 0.4) is 0 Å². The van der Waals surface area contributed by atoms with E-state index in [-0.39, 0.29) is 24.6 Å². The van der Waals surface area contributed by atoms with Crippen molar-refractivity contribution < 1.29 is 31.9 Å². The van der Waals surface area contributed by atoms with E-state index in [0.717, 1.165) is 29.0 Å². The van der Waals surface area contributed by atoms with E-state index in [4.69, 9.17) is 9.15 Å². The molecule has 0 spiro atoms. The number of halogens is 3. The number of nitrogens with one attached hydrogen (secondary N) is 1. The number of fused-ring (bicyclic) bond motifs is 1. The summed E-state index contributed by atoms with van der Waals surface area (Å²) in [5.41, 5.74) is 1.23. The molecule has 0 atom stereocenters. The molecule has 2 heterocycles. The van der Waals surface area contributed by atoms with Crippen LogP contribution in [0, 0.1) is 0 Å². The van der Waals surface area contributed by atoms with E-state index in [1.165, 1.54) is 17.0 Å². The third-order valence-electron chi connectivity index (χ3n) is 6.13. The summed E-state index contributed by atoms with van der Waals surface area (Å²) in [5.74, 6) is 1.11. The minimum absolute atomic E-state index is 0.00770. The van der Waals surface area contributed by atoms with Gasteiger partial charge in [0.2, 0.25) is 0 Å². The van der Waals surface area contributed by atoms with Crippen LogP contribution >= 0.6 is 0 Å². The van der Waals surface area contributed by atoms with Crippen molar-refractivity contribution in [1.82, 2.24) is 4.90 Å². The first-order valence-corrected chi connectivity index (χ1v) is 11.9. The highest BCUT2D eigenvalue weighted by Gasteiger charge is 2.32. The average molecular weight is 521 g/mol. The molecule has 194 valence electrons. The van der Waals surface area contributed by atoms with E-state index in [1.54, 1.807) is 30.3 Å². The second-order valence-corrected chi connectivity index (χ2v) is 8.85. The number of alkyl halides is 3. The van der Waals surface area contributed by atoms with Crippen molar-refractivity contribution in [3.05, 3.63) is 107 Å². The quantitative estimate of drug-likeness (QED) is 0.330. The molecule has 0 saturated heterocycles. The Morgan fingerprint density at radius 1 is 0.947 bits per heavy atom. The SMILES string of the molecule is O=C(COc1ccccc1)Nc1cccc(-c2cc3c(o2)CCN(C(=O)c2cccc(C(F)(F)F)c2)C3)c1. The summed E-state index contributed by atoms with van der Waals surface area (Å²) < 4.78 is 50.7. The average Bonchev–Trinajstić information content (AvgIpc) is 3.35. The number of furan rings is 1. The van der Waals surface area contributed by atoms with E-state index >= 15 is 0 Å². The number of hydrogen-bond acceptors (Lipinski definition) is 4. The third kappa shape index (κ3) is 5.72. The number of ether oxygens (including phenoxy) is 1. The lowest BCUT2D eigenvalue weighted by Gasteiger charge is -2.26. The minimum Gasteiger partial charge on any atom is -0.484 e. The van der Waals surface area contributed by atoms with Gasteiger partial charge < -0.3 is 19.4 Å². The summed E-state index contributed by atoms with van der Waals surface area (Å²) >= 11 is 0. The van der Waals surface area contributed by atoms with Gasteiger partial charge in [0.05, 0.1) is 5.56 Å². The Labute approximate surface area is 216 Å². The zero-order valence-corrected chi connectivity index (χ0v) is 20.1. The van der Waals surface area contributed by atoms with Gasteiger partial charge in [0.25, 0.3) is 11.8 Å². The summed E-state index contributed by atoms with van der Waals surface area (Å²) in [6.07, 6.45) is -4.08. The van der Waals surface area contributed by atoms with Crippen LogP contribution in [0.15, 0.2) is 89.3 Å². The fraction of sp³-hybridized carbons (Fsp3) is 0.172. The Balaban J connectivity index is 1.25. The Hall–Kier alpha value is -4.53. The zero-order valence-electron chi connectivity index (χ0n) is 20.1. The van der Waals surface area contributed by atoms with Gasteiger partial charge in [-0.25, -0.2) is 0 Å². The van der Waals surface area contributed by atoms with Gasteiger partial charge in [0.1, 0.15) is 17.3 Å². The molecule has 1 aliphatic heterocycles. The second kappa shape index (κ2) is 10.5. The number of carbonyl (C=O) groups is 2. The highest BCUT2D eigenvalue weighted by molar-refractivity contribution is 5.94. The van der Waals surface area contributed by atoms with Crippen molar-refractivity contribution in [2.45, 2.75) is 19.1 Å². The lowest BCUT2D eigenvalue weighted by Crippen LogP contribution is -2.35. The Morgan fingerprint density at radius 3 is 2.53 bits per heavy atom. The highest BCUT2D eigenvalue weighted by atomic mass is 19.4. The number of anilines is 1. The Kier molecular flexibility index (Phi) is 6.91. The predicted molar refractivity (Wildman–Crippen MR) is 135 cm³/mol. The molecule has 3 aromatic carbocycles. The van der Waals surface area contributed by atoms with E-state index in [2.05, 4.69) is 5.32 Å². The second-order valence-electron chi connectivity index (χ2n) is 8.85. The maximum Gasteiger partial charge on any atom is 0.416 e. The van der Waals surface area contributed by atoms with Crippen molar-refractivity contribution in [3.63, 3.8) is 0 Å². The van der Waals surface area contributed by atoms with Crippen molar-refractivity contribution in [3.8, 4) is 17.1 Å². The fourth-order valence-electron chi connectivity index (χ4n) is 4.27. The number of benzene rings is 3. The van der Waals surface area contributed by atoms with Gasteiger partial charge in [-0.1, -0.05) is 36.4 Å². The fourth-order valence-corrected chi connectivity index (χ4v) is 4.27. The van der Waals surface area contributed by atoms with Crippen LogP contribution in [0.4, 0.5) is 18.9 Å². The molecule has 2 amide bonds. The van der Waals surface area contributed by atoms with Gasteiger partial charge >= 0.3 is 6.18 Å². The molecule has 6 nitrogen and oxygen atoms in total. The monoisotopic (exact) mass is 520 g/mol. The van der Waals surface area contributed by atoms with Crippen molar-refractivity contribution in [2.75, 3.05) is 18.5 Å². The molecule has 0 saturated carbocycles. The largest absolute Gasteiger partial charge is 0.484 e. The lowest BCUT2D eigenvalue weighted by atomic mass is 10.0. The van der Waals surface area contributed by atoms with Crippen molar-refractivity contribution in [2.24, 2.45) is 0 Å². The molecule has 5 rings (SSSR count). The number of carbonyl (C=O) groups excluding carboxylic acids is 2. The lowest BCUT2D eigenvalue weighted by molar-refractivity contribution is -0.137. The van der Waals surface area contributed by atoms with Crippen LogP contribution in [0.5, 0.6) is 5.75 Å². The Morgan fingerprint density at radius 2 is 1.74 bits per heavy atom. The van der Waals surface area contributed by atoms with Gasteiger partial charge in [0, 0.05) is 41.9 Å². The number of rotatable bonds is 6. The molecule has 0 aliphatic carbocycles. The van der Waals surface area contributed by atoms with E-state index < -0.39 is 17.6 Å². The van der Waals surface area contributed by atoms with Crippen molar-refractivity contribution >= 4 is 17.5 Å². The molecular formula is C29H23F3N2O4. The first-order valence-electron chi connectivity index (χ1n) is 11.9. The molecule has 38 heavy (non-hydrogen) atoms.